The summed E-state index contributed by atoms with van der Waals surface area (Å²) in [5.41, 5.74) is 5.32. The summed E-state index contributed by atoms with van der Waals surface area (Å²) in [7, 11) is 0. The molecule has 2 amide bonds. The van der Waals surface area contributed by atoms with Crippen LogP contribution in [-0.2, 0) is 48.2 Å². The molecule has 0 bridgehead atoms. The predicted octanol–water partition coefficient (Wildman–Crippen LogP) is 6.20. The fourth-order valence-electron chi connectivity index (χ4n) is 7.62. The number of carbonyl (C=O) groups is 3. The van der Waals surface area contributed by atoms with Gasteiger partial charge in [-0.15, -0.1) is 0 Å². The van der Waals surface area contributed by atoms with Crippen LogP contribution in [0.4, 0.5) is 5.69 Å². The van der Waals surface area contributed by atoms with Crippen LogP contribution in [0.3, 0.4) is 0 Å². The molecule has 16 heteroatoms. The highest BCUT2D eigenvalue weighted by Gasteiger charge is 2.22. The molecule has 0 unspecified atom stereocenters. The van der Waals surface area contributed by atoms with Crippen LogP contribution >= 0.6 is 11.8 Å². The number of hydrogen-bond donors (Lipinski definition) is 3. The van der Waals surface area contributed by atoms with Gasteiger partial charge in [0, 0.05) is 75.5 Å². The highest BCUT2D eigenvalue weighted by Crippen LogP contribution is 2.26. The number of pyridine rings is 2. The normalized spacial score (nSPS) is 16.9. The summed E-state index contributed by atoms with van der Waals surface area (Å²) in [6.07, 6.45) is 2.80. The second-order valence-electron chi connectivity index (χ2n) is 16.5. The van der Waals surface area contributed by atoms with Gasteiger partial charge in [-0.2, -0.15) is 11.8 Å². The Morgan fingerprint density at radius 3 is 2.06 bits per heavy atom. The number of thioether (sulfide) groups is 1. The largest absolute Gasteiger partial charge is 0.506 e. The average molecular weight is 949 g/mol. The number of rotatable bonds is 17. The van der Waals surface area contributed by atoms with Gasteiger partial charge in [-0.05, 0) is 66.6 Å². The van der Waals surface area contributed by atoms with Gasteiger partial charge in [0.05, 0.1) is 76.0 Å². The molecule has 2 aliphatic heterocycles. The van der Waals surface area contributed by atoms with E-state index in [1.54, 1.807) is 17.0 Å². The maximum absolute atomic E-state index is 13.5. The molecule has 0 aliphatic carbocycles. The molecular weight excluding hydrogens is 885 g/mol. The van der Waals surface area contributed by atoms with Crippen molar-refractivity contribution in [3.05, 3.63) is 131 Å². The molecule has 2 aliphatic rings. The summed E-state index contributed by atoms with van der Waals surface area (Å²) in [4.78, 5) is 52.9. The molecule has 68 heavy (non-hydrogen) atoms. The minimum Gasteiger partial charge on any atom is -0.506 e. The number of ether oxygens (including phenoxy) is 4. The van der Waals surface area contributed by atoms with E-state index < -0.39 is 5.97 Å². The van der Waals surface area contributed by atoms with E-state index in [1.165, 1.54) is 6.07 Å². The van der Waals surface area contributed by atoms with Gasteiger partial charge >= 0.3 is 5.97 Å². The summed E-state index contributed by atoms with van der Waals surface area (Å²) in [5, 5.41) is 22.4. The highest BCUT2D eigenvalue weighted by molar-refractivity contribution is 7.99. The topological polar surface area (TPSA) is 176 Å². The van der Waals surface area contributed by atoms with Gasteiger partial charge in [0.15, 0.2) is 0 Å². The van der Waals surface area contributed by atoms with Gasteiger partial charge in [-0.1, -0.05) is 67.3 Å². The average Bonchev–Trinajstić information content (AvgIpc) is 3.33. The maximum atomic E-state index is 13.5. The Morgan fingerprint density at radius 1 is 0.706 bits per heavy atom. The third-order valence-corrected chi connectivity index (χ3v) is 12.5. The third-order valence-electron chi connectivity index (χ3n) is 11.3. The summed E-state index contributed by atoms with van der Waals surface area (Å²) in [6, 6.07) is 26.0. The van der Waals surface area contributed by atoms with Crippen molar-refractivity contribution < 1.29 is 43.5 Å². The molecule has 1 saturated heterocycles. The number of amides is 2. The van der Waals surface area contributed by atoms with Crippen LogP contribution in [0.15, 0.2) is 91.5 Å². The van der Waals surface area contributed by atoms with E-state index in [9.17, 15) is 24.6 Å². The fraction of sp³-hybridized carbons (Fsp3) is 0.442. The second-order valence-corrected chi connectivity index (χ2v) is 17.7. The lowest BCUT2D eigenvalue weighted by atomic mass is 10.0. The first-order valence-corrected chi connectivity index (χ1v) is 24.5. The number of nitrogens with one attached hydrogen (secondary N) is 1. The lowest BCUT2D eigenvalue weighted by Crippen LogP contribution is -2.35. The van der Waals surface area contributed by atoms with Crippen molar-refractivity contribution in [1.29, 1.82) is 0 Å². The molecule has 362 valence electrons. The van der Waals surface area contributed by atoms with E-state index >= 15 is 0 Å². The van der Waals surface area contributed by atoms with Gasteiger partial charge < -0.3 is 39.4 Å². The van der Waals surface area contributed by atoms with Gasteiger partial charge in [-0.25, -0.2) is 14.8 Å². The molecule has 4 aromatic rings. The van der Waals surface area contributed by atoms with Crippen LogP contribution in [0.2, 0.25) is 0 Å². The predicted molar refractivity (Wildman–Crippen MR) is 263 cm³/mol. The second kappa shape index (κ2) is 28.6. The lowest BCUT2D eigenvalue weighted by Gasteiger charge is -2.26. The van der Waals surface area contributed by atoms with Gasteiger partial charge in [0.2, 0.25) is 11.8 Å². The molecule has 3 N–H and O–H groups in total. The van der Waals surface area contributed by atoms with Gasteiger partial charge in [-0.3, -0.25) is 19.4 Å². The highest BCUT2D eigenvalue weighted by atomic mass is 32.2. The number of anilines is 1. The van der Waals surface area contributed by atoms with E-state index in [0.717, 1.165) is 58.8 Å². The number of para-hydroxylation sites is 1. The molecule has 0 saturated carbocycles. The number of unbranched alkanes of at least 4 members (excludes halogenated alkanes) is 2. The van der Waals surface area contributed by atoms with Crippen LogP contribution in [-0.4, -0.2) is 144 Å². The molecule has 1 atom stereocenters. The first-order valence-electron chi connectivity index (χ1n) is 23.4. The van der Waals surface area contributed by atoms with Crippen molar-refractivity contribution in [3.63, 3.8) is 0 Å². The monoisotopic (exact) mass is 948 g/mol. The van der Waals surface area contributed by atoms with Crippen LogP contribution < -0.4 is 10.2 Å². The standard InChI is InChI=1S/C52H64N6O9S/c1-40(59)47-16-9-14-44(54-47)36-57-25-29-65-33-32-64-28-24-56(37-45-15-10-17-48(55-45)52(62)63)26-30-66-38-46(67-31-27-57)39-68-34-8-2-7-23-53-50(60)21-22-51(61)58-35-43-13-4-3-11-41(43)19-20-42-12-5-6-18-49(42)58/h3-6,9-18,46,59H,1-2,7-8,21-39H2,(H,53,60)(H,62,63)/t46-/m0/s1. The van der Waals surface area contributed by atoms with E-state index in [-0.39, 0.29) is 42.2 Å². The maximum Gasteiger partial charge on any atom is 0.354 e. The number of hydrogen-bond acceptors (Lipinski definition) is 13. The molecule has 0 spiro atoms. The van der Waals surface area contributed by atoms with E-state index in [4.69, 9.17) is 18.9 Å². The Kier molecular flexibility index (Phi) is 21.8. The van der Waals surface area contributed by atoms with E-state index in [1.807, 2.05) is 78.5 Å². The third kappa shape index (κ3) is 17.8. The van der Waals surface area contributed by atoms with E-state index in [0.29, 0.717) is 110 Å². The molecule has 1 fully saturated rings. The SMILES string of the molecule is C=C(O)c1cccc(CN2CCOCCOCCN(Cc3cccc(C(=O)O)n3)CCOC[C@@H](CSCCCCCNC(=O)CCC(=O)N3Cc4ccccc4C#Cc4ccccc43)OCC2)n1. The Labute approximate surface area is 404 Å². The number of fused-ring (bicyclic) bond motifs is 2. The number of aromatic carboxylic acids is 1. The van der Waals surface area contributed by atoms with Crippen molar-refractivity contribution in [2.75, 3.05) is 95.4 Å². The number of benzene rings is 2. The van der Waals surface area contributed by atoms with Crippen LogP contribution in [0.25, 0.3) is 5.76 Å². The van der Waals surface area contributed by atoms with Crippen molar-refractivity contribution in [2.24, 2.45) is 0 Å². The number of carbonyl (C=O) groups excluding carboxylic acids is 2. The summed E-state index contributed by atoms with van der Waals surface area (Å²) < 4.78 is 24.6. The van der Waals surface area contributed by atoms with E-state index in [2.05, 4.69) is 43.5 Å². The minimum absolute atomic E-state index is 0.00647. The lowest BCUT2D eigenvalue weighted by molar-refractivity contribution is -0.125. The summed E-state index contributed by atoms with van der Waals surface area (Å²) in [5.74, 6) is 6.72. The molecule has 15 nitrogen and oxygen atoms in total. The molecule has 6 rings (SSSR count). The molecular formula is C52H64N6O9S. The number of nitrogens with zero attached hydrogens (tertiary/aromatic N) is 5. The fourth-order valence-corrected chi connectivity index (χ4v) is 8.65. The minimum atomic E-state index is -1.07. The zero-order valence-electron chi connectivity index (χ0n) is 38.8. The Hall–Kier alpha value is -5.64. The molecule has 2 aromatic heterocycles. The number of aliphatic hydroxyl groups excluding tert-OH is 1. The smallest absolute Gasteiger partial charge is 0.354 e. The molecule has 4 heterocycles. The van der Waals surface area contributed by atoms with Crippen LogP contribution in [0.1, 0.15) is 76.4 Å². The summed E-state index contributed by atoms with van der Waals surface area (Å²) in [6.45, 7) is 11.1. The number of carboxylic acid groups (broad SMARTS) is 1. The summed E-state index contributed by atoms with van der Waals surface area (Å²) >= 11 is 1.81. The van der Waals surface area contributed by atoms with Crippen LogP contribution in [0.5, 0.6) is 0 Å². The number of aromatic nitrogens is 2. The van der Waals surface area contributed by atoms with Crippen molar-refractivity contribution in [1.82, 2.24) is 25.1 Å². The first-order chi connectivity index (χ1) is 33.2. The number of carboxylic acids is 1. The zero-order valence-corrected chi connectivity index (χ0v) is 39.6. The first kappa shape index (κ1) is 51.7. The van der Waals surface area contributed by atoms with Crippen molar-refractivity contribution in [3.8, 4) is 11.8 Å². The van der Waals surface area contributed by atoms with Crippen LogP contribution in [0, 0.1) is 11.8 Å². The van der Waals surface area contributed by atoms with Gasteiger partial charge in [0.1, 0.15) is 17.1 Å². The quantitative estimate of drug-likeness (QED) is 0.0620. The van der Waals surface area contributed by atoms with Gasteiger partial charge in [0.25, 0.3) is 0 Å². The Bertz CT molecular complexity index is 2320. The Morgan fingerprint density at radius 2 is 1.34 bits per heavy atom. The van der Waals surface area contributed by atoms with Crippen molar-refractivity contribution in [2.45, 2.75) is 57.8 Å². The zero-order chi connectivity index (χ0) is 47.8. The Balaban J connectivity index is 0.949. The van der Waals surface area contributed by atoms with Crippen molar-refractivity contribution >= 4 is 41.0 Å². The number of aliphatic hydroxyl groups is 1. The molecule has 2 aromatic carbocycles. The molecule has 0 radical (unpaired) electrons.